The third kappa shape index (κ3) is 8.13. The van der Waals surface area contributed by atoms with Gasteiger partial charge in [-0.05, 0) is 0 Å². The molecule has 0 N–H and O–H groups in total. The molecular formula is C26H36F2N2O2Zr. The summed E-state index contributed by atoms with van der Waals surface area (Å²) in [6.07, 6.45) is 2.42. The first-order chi connectivity index (χ1) is 15.6. The first-order valence-electron chi connectivity index (χ1n) is 11.8. The summed E-state index contributed by atoms with van der Waals surface area (Å²) in [5.74, 6) is -0.684. The quantitative estimate of drug-likeness (QED) is 0.296. The van der Waals surface area contributed by atoms with Gasteiger partial charge < -0.3 is 0 Å². The average molecular weight is 538 g/mol. The molecule has 4 nitrogen and oxygen atoms in total. The van der Waals surface area contributed by atoms with Gasteiger partial charge in [-0.3, -0.25) is 0 Å². The molecule has 0 spiro atoms. The number of carbonyl (C=O) groups is 2. The number of benzene rings is 2. The normalized spacial score (nSPS) is 11.6. The zero-order valence-electron chi connectivity index (χ0n) is 20.1. The van der Waals surface area contributed by atoms with Gasteiger partial charge in [-0.2, -0.15) is 0 Å². The first kappa shape index (κ1) is 27.4. The van der Waals surface area contributed by atoms with Gasteiger partial charge in [0.05, 0.1) is 0 Å². The van der Waals surface area contributed by atoms with E-state index in [0.717, 1.165) is 18.5 Å². The molecule has 0 heterocycles. The number of hydrogen-bond donors (Lipinski definition) is 0. The first-order valence-corrected chi connectivity index (χ1v) is 15.8. The minimum atomic E-state index is -6.58. The number of hydrogen-bond acceptors (Lipinski definition) is 2. The van der Waals surface area contributed by atoms with Crippen LogP contribution in [0, 0.1) is 11.8 Å². The summed E-state index contributed by atoms with van der Waals surface area (Å²) in [6.45, 7) is 8.03. The molecule has 7 heteroatoms. The fourth-order valence-electron chi connectivity index (χ4n) is 3.65. The summed E-state index contributed by atoms with van der Waals surface area (Å²) in [4.78, 5) is 26.5. The van der Waals surface area contributed by atoms with Gasteiger partial charge in [0.1, 0.15) is 0 Å². The predicted octanol–water partition coefficient (Wildman–Crippen LogP) is 6.90. The molecule has 0 aliphatic rings. The number of nitrogens with zero attached hydrogens (tertiary/aromatic N) is 2. The average Bonchev–Trinajstić information content (AvgIpc) is 2.79. The van der Waals surface area contributed by atoms with Crippen LogP contribution in [0.5, 0.6) is 0 Å². The zero-order valence-corrected chi connectivity index (χ0v) is 22.6. The molecule has 33 heavy (non-hydrogen) atoms. The maximum atomic E-state index is 16.3. The van der Waals surface area contributed by atoms with Crippen LogP contribution in [0.4, 0.5) is 5.25 Å². The molecule has 0 saturated carbocycles. The Bertz CT molecular complexity index is 805. The standard InChI is InChI=1S/2C13H19NO.2FH.Zr/c2*1-11(2)7-6-10-14-13(15)12-8-4-3-5-9-12;;;/h2*3-5,8-9,11H,6-7,10H2,1-2H3,(H,14,15);2*1H;/q;;;;+4/p-4. The van der Waals surface area contributed by atoms with Crippen molar-refractivity contribution in [1.29, 1.82) is 0 Å². The van der Waals surface area contributed by atoms with Crippen molar-refractivity contribution in [3.8, 4) is 0 Å². The fourth-order valence-corrected chi connectivity index (χ4v) is 8.30. The van der Waals surface area contributed by atoms with E-state index in [9.17, 15) is 9.59 Å². The van der Waals surface area contributed by atoms with E-state index in [0.29, 0.717) is 24.7 Å². The summed E-state index contributed by atoms with van der Waals surface area (Å²) in [7, 11) is 0. The number of halogens is 2. The SMILES string of the molecule is CC(C)CCC[N](C(=O)c1ccccc1)[Zr]([F])([F])[N](CCCC(C)C)C(=O)c1ccccc1. The Kier molecular flexibility index (Phi) is 10.9. The van der Waals surface area contributed by atoms with Crippen molar-refractivity contribution in [3.05, 3.63) is 71.8 Å². The number of carbonyl (C=O) groups excluding carboxylic acids is 2. The van der Waals surface area contributed by atoms with E-state index < -0.39 is 33.9 Å². The third-order valence-corrected chi connectivity index (χ3v) is 10.8. The second-order valence-corrected chi connectivity index (χ2v) is 14.4. The molecule has 0 bridgehead atoms. The van der Waals surface area contributed by atoms with E-state index in [2.05, 4.69) is 0 Å². The Hall–Kier alpha value is -1.88. The van der Waals surface area contributed by atoms with Crippen molar-refractivity contribution < 1.29 is 36.9 Å². The van der Waals surface area contributed by atoms with Crippen molar-refractivity contribution in [2.45, 2.75) is 53.4 Å². The van der Waals surface area contributed by atoms with Gasteiger partial charge >= 0.3 is 205 Å². The molecule has 2 aromatic carbocycles. The van der Waals surface area contributed by atoms with Gasteiger partial charge in [-0.1, -0.05) is 0 Å². The molecule has 0 saturated heterocycles. The topological polar surface area (TPSA) is 40.6 Å². The summed E-state index contributed by atoms with van der Waals surface area (Å²) in [6, 6.07) is 16.4. The zero-order chi connectivity index (χ0) is 24.4. The van der Waals surface area contributed by atoms with Gasteiger partial charge in [0.15, 0.2) is 0 Å². The van der Waals surface area contributed by atoms with E-state index in [1.54, 1.807) is 60.7 Å². The summed E-state index contributed by atoms with van der Waals surface area (Å²) in [5, 5.41) is 0. The third-order valence-electron chi connectivity index (χ3n) is 5.51. The molecule has 0 atom stereocenters. The maximum absolute atomic E-state index is 16.3. The van der Waals surface area contributed by atoms with E-state index in [1.807, 2.05) is 27.7 Å². The molecule has 0 aromatic heterocycles. The Morgan fingerprint density at radius 1 is 0.697 bits per heavy atom. The van der Waals surface area contributed by atoms with Gasteiger partial charge in [0.25, 0.3) is 0 Å². The van der Waals surface area contributed by atoms with Crippen LogP contribution in [0.3, 0.4) is 0 Å². The van der Waals surface area contributed by atoms with Crippen molar-refractivity contribution in [1.82, 2.24) is 5.69 Å². The van der Waals surface area contributed by atoms with Crippen molar-refractivity contribution in [2.24, 2.45) is 11.8 Å². The fraction of sp³-hybridized carbons (Fsp3) is 0.462. The van der Waals surface area contributed by atoms with Gasteiger partial charge in [0.2, 0.25) is 0 Å². The Balaban J connectivity index is 2.41. The van der Waals surface area contributed by atoms with Crippen LogP contribution in [0.2, 0.25) is 0 Å². The van der Waals surface area contributed by atoms with Crippen LogP contribution in [-0.4, -0.2) is 30.6 Å². The second-order valence-electron chi connectivity index (χ2n) is 9.23. The van der Waals surface area contributed by atoms with Gasteiger partial charge in [-0.15, -0.1) is 0 Å². The molecule has 0 radical (unpaired) electrons. The molecular weight excluding hydrogens is 502 g/mol. The van der Waals surface area contributed by atoms with Crippen LogP contribution in [0.15, 0.2) is 60.7 Å². The molecule has 0 aliphatic carbocycles. The van der Waals surface area contributed by atoms with Crippen LogP contribution in [0.25, 0.3) is 0 Å². The van der Waals surface area contributed by atoms with Crippen LogP contribution in [-0.2, 0) is 22.1 Å². The van der Waals surface area contributed by atoms with Gasteiger partial charge in [-0.25, -0.2) is 0 Å². The Morgan fingerprint density at radius 3 is 1.33 bits per heavy atom. The van der Waals surface area contributed by atoms with Crippen molar-refractivity contribution in [2.75, 3.05) is 13.1 Å². The molecule has 0 unspecified atom stereocenters. The molecule has 0 aliphatic heterocycles. The number of rotatable bonds is 12. The summed E-state index contributed by atoms with van der Waals surface area (Å²) >= 11 is -6.58. The molecule has 0 fully saturated rings. The Morgan fingerprint density at radius 2 is 1.03 bits per heavy atom. The molecule has 180 valence electrons. The van der Waals surface area contributed by atoms with E-state index in [-0.39, 0.29) is 24.2 Å². The van der Waals surface area contributed by atoms with E-state index in [1.165, 1.54) is 0 Å². The molecule has 2 amide bonds. The summed E-state index contributed by atoms with van der Waals surface area (Å²) < 4.78 is 34.1. The van der Waals surface area contributed by atoms with Crippen molar-refractivity contribution in [3.63, 3.8) is 0 Å². The molecule has 2 rings (SSSR count). The van der Waals surface area contributed by atoms with Gasteiger partial charge in [0, 0.05) is 0 Å². The number of amides is 2. The monoisotopic (exact) mass is 536 g/mol. The van der Waals surface area contributed by atoms with E-state index >= 15 is 5.25 Å². The Labute approximate surface area is 203 Å². The van der Waals surface area contributed by atoms with Crippen LogP contribution >= 0.6 is 0 Å². The van der Waals surface area contributed by atoms with Crippen LogP contribution in [0.1, 0.15) is 74.1 Å². The summed E-state index contributed by atoms with van der Waals surface area (Å²) in [5.41, 5.74) is 0.459. The predicted molar refractivity (Wildman–Crippen MR) is 125 cm³/mol. The van der Waals surface area contributed by atoms with E-state index in [4.69, 9.17) is 0 Å². The second kappa shape index (κ2) is 13.1. The minimum absolute atomic E-state index is 0.0439. The van der Waals surface area contributed by atoms with Crippen LogP contribution < -0.4 is 0 Å². The van der Waals surface area contributed by atoms with Crippen molar-refractivity contribution >= 4 is 11.8 Å². The molecule has 2 aromatic rings.